The van der Waals surface area contributed by atoms with Gasteiger partial charge < -0.3 is 15.3 Å². The number of hydrogen-bond donors (Lipinski definition) is 2. The Kier molecular flexibility index (Phi) is 6.05. The lowest BCUT2D eigenvalue weighted by molar-refractivity contribution is -0.121. The number of phenols is 1. The summed E-state index contributed by atoms with van der Waals surface area (Å²) in [6.07, 6.45) is 2.76. The Labute approximate surface area is 170 Å². The topological polar surface area (TPSA) is 65.5 Å². The maximum absolute atomic E-state index is 12.4. The molecule has 5 nitrogen and oxygen atoms in total. The van der Waals surface area contributed by atoms with E-state index >= 15 is 0 Å². The normalized spacial score (nSPS) is 12.0. The zero-order valence-electron chi connectivity index (χ0n) is 16.2. The van der Waals surface area contributed by atoms with E-state index in [-0.39, 0.29) is 11.7 Å². The van der Waals surface area contributed by atoms with Crippen molar-refractivity contribution in [2.75, 3.05) is 19.0 Å². The smallest absolute Gasteiger partial charge is 0.220 e. The van der Waals surface area contributed by atoms with Gasteiger partial charge in [0.1, 0.15) is 11.3 Å². The third-order valence-corrected chi connectivity index (χ3v) is 4.99. The summed E-state index contributed by atoms with van der Waals surface area (Å²) in [6, 6.07) is 12.6. The standard InChI is InChI=1S/C22H24ClN3O2/c1-4-6-19(27)25-20(14-8-10-15(11-9-14)26(2)3)17-13-18(23)16-7-5-12-24-21(16)22(17)28/h5,7-13,20,28H,4,6H2,1-3H3,(H,25,27)/t20-/m1/s1. The summed E-state index contributed by atoms with van der Waals surface area (Å²) in [5.74, 6) is -0.0562. The predicted molar refractivity (Wildman–Crippen MR) is 114 cm³/mol. The molecule has 3 aromatic rings. The number of rotatable bonds is 6. The van der Waals surface area contributed by atoms with E-state index in [0.29, 0.717) is 27.9 Å². The molecule has 1 aromatic heterocycles. The summed E-state index contributed by atoms with van der Waals surface area (Å²) < 4.78 is 0. The molecule has 0 spiro atoms. The number of halogens is 1. The number of anilines is 1. The number of hydrogen-bond acceptors (Lipinski definition) is 4. The van der Waals surface area contributed by atoms with Crippen molar-refractivity contribution in [3.63, 3.8) is 0 Å². The molecule has 0 radical (unpaired) electrons. The fourth-order valence-corrected chi connectivity index (χ4v) is 3.46. The van der Waals surface area contributed by atoms with Crippen LogP contribution in [0.1, 0.15) is 36.9 Å². The van der Waals surface area contributed by atoms with Gasteiger partial charge in [0.05, 0.1) is 11.1 Å². The first-order chi connectivity index (χ1) is 13.4. The molecule has 1 heterocycles. The number of amides is 1. The first kappa shape index (κ1) is 20.0. The van der Waals surface area contributed by atoms with Crippen LogP contribution in [0.15, 0.2) is 48.7 Å². The molecule has 1 atom stereocenters. The molecule has 3 rings (SSSR count). The van der Waals surface area contributed by atoms with Crippen molar-refractivity contribution in [2.24, 2.45) is 0 Å². The molecule has 2 N–H and O–H groups in total. The third-order valence-electron chi connectivity index (χ3n) is 4.68. The van der Waals surface area contributed by atoms with Crippen molar-refractivity contribution < 1.29 is 9.90 Å². The van der Waals surface area contributed by atoms with E-state index in [2.05, 4.69) is 10.3 Å². The molecule has 0 aliphatic rings. The monoisotopic (exact) mass is 397 g/mol. The summed E-state index contributed by atoms with van der Waals surface area (Å²) >= 11 is 6.46. The Morgan fingerprint density at radius 1 is 1.25 bits per heavy atom. The van der Waals surface area contributed by atoms with Crippen LogP contribution in [0.5, 0.6) is 5.75 Å². The predicted octanol–water partition coefficient (Wildman–Crippen LogP) is 4.67. The molecule has 6 heteroatoms. The summed E-state index contributed by atoms with van der Waals surface area (Å²) in [6.45, 7) is 1.95. The van der Waals surface area contributed by atoms with E-state index in [9.17, 15) is 9.90 Å². The first-order valence-electron chi connectivity index (χ1n) is 9.25. The lowest BCUT2D eigenvalue weighted by Gasteiger charge is -2.23. The van der Waals surface area contributed by atoms with Crippen LogP contribution in [0.25, 0.3) is 10.9 Å². The van der Waals surface area contributed by atoms with Gasteiger partial charge in [-0.15, -0.1) is 0 Å². The van der Waals surface area contributed by atoms with E-state index in [1.165, 1.54) is 0 Å². The molecule has 0 fully saturated rings. The number of pyridine rings is 1. The average molecular weight is 398 g/mol. The number of fused-ring (bicyclic) bond motifs is 1. The molecular formula is C22H24ClN3O2. The molecule has 146 valence electrons. The van der Waals surface area contributed by atoms with Gasteiger partial charge >= 0.3 is 0 Å². The molecule has 2 aromatic carbocycles. The van der Waals surface area contributed by atoms with Crippen LogP contribution in [0, 0.1) is 0 Å². The Hall–Kier alpha value is -2.79. The number of phenolic OH excluding ortho intramolecular Hbond substituents is 1. The molecule has 1 amide bonds. The summed E-state index contributed by atoms with van der Waals surface area (Å²) in [7, 11) is 3.94. The molecule has 0 saturated carbocycles. The summed E-state index contributed by atoms with van der Waals surface area (Å²) in [5.41, 5.74) is 2.85. The van der Waals surface area contributed by atoms with Crippen LogP contribution in [0.2, 0.25) is 5.02 Å². The fourth-order valence-electron chi connectivity index (χ4n) is 3.19. The number of aromatic hydroxyl groups is 1. The van der Waals surface area contributed by atoms with Crippen molar-refractivity contribution in [3.05, 3.63) is 64.8 Å². The lowest BCUT2D eigenvalue weighted by atomic mass is 9.95. The van der Waals surface area contributed by atoms with Crippen LogP contribution in [0.4, 0.5) is 5.69 Å². The number of carbonyl (C=O) groups is 1. The molecule has 28 heavy (non-hydrogen) atoms. The molecule has 0 unspecified atom stereocenters. The maximum atomic E-state index is 12.4. The molecule has 0 bridgehead atoms. The van der Waals surface area contributed by atoms with E-state index in [0.717, 1.165) is 17.7 Å². The van der Waals surface area contributed by atoms with E-state index in [4.69, 9.17) is 11.6 Å². The van der Waals surface area contributed by atoms with Gasteiger partial charge in [-0.3, -0.25) is 9.78 Å². The highest BCUT2D eigenvalue weighted by Crippen LogP contribution is 2.38. The Bertz CT molecular complexity index is 987. The van der Waals surface area contributed by atoms with Crippen LogP contribution in [-0.2, 0) is 4.79 Å². The van der Waals surface area contributed by atoms with Crippen LogP contribution >= 0.6 is 11.6 Å². The minimum atomic E-state index is -0.529. The van der Waals surface area contributed by atoms with Gasteiger partial charge in [-0.2, -0.15) is 0 Å². The zero-order valence-corrected chi connectivity index (χ0v) is 17.0. The minimum absolute atomic E-state index is 0.0264. The fraction of sp³-hybridized carbons (Fsp3) is 0.273. The third kappa shape index (κ3) is 4.04. The van der Waals surface area contributed by atoms with E-state index < -0.39 is 6.04 Å². The van der Waals surface area contributed by atoms with Gasteiger partial charge in [0.2, 0.25) is 5.91 Å². The quantitative estimate of drug-likeness (QED) is 0.634. The molecular weight excluding hydrogens is 374 g/mol. The van der Waals surface area contributed by atoms with Gasteiger partial charge in [-0.05, 0) is 42.3 Å². The van der Waals surface area contributed by atoms with Crippen molar-refractivity contribution in [3.8, 4) is 5.75 Å². The second kappa shape index (κ2) is 8.48. The zero-order chi connectivity index (χ0) is 20.3. The van der Waals surface area contributed by atoms with E-state index in [1.807, 2.05) is 56.3 Å². The van der Waals surface area contributed by atoms with Gasteiger partial charge in [0, 0.05) is 43.4 Å². The second-order valence-electron chi connectivity index (χ2n) is 6.93. The Balaban J connectivity index is 2.12. The number of nitrogens with one attached hydrogen (secondary N) is 1. The molecule has 0 saturated heterocycles. The average Bonchev–Trinajstić information content (AvgIpc) is 2.69. The second-order valence-corrected chi connectivity index (χ2v) is 7.34. The highest BCUT2D eigenvalue weighted by molar-refractivity contribution is 6.35. The van der Waals surface area contributed by atoms with E-state index in [1.54, 1.807) is 18.3 Å². The largest absolute Gasteiger partial charge is 0.505 e. The number of nitrogens with zero attached hydrogens (tertiary/aromatic N) is 2. The van der Waals surface area contributed by atoms with Gasteiger partial charge in [-0.1, -0.05) is 30.7 Å². The van der Waals surface area contributed by atoms with Gasteiger partial charge in [0.25, 0.3) is 0 Å². The first-order valence-corrected chi connectivity index (χ1v) is 9.63. The van der Waals surface area contributed by atoms with Crippen LogP contribution < -0.4 is 10.2 Å². The number of aromatic nitrogens is 1. The van der Waals surface area contributed by atoms with Crippen molar-refractivity contribution in [1.82, 2.24) is 10.3 Å². The molecule has 0 aliphatic carbocycles. The highest BCUT2D eigenvalue weighted by Gasteiger charge is 2.23. The van der Waals surface area contributed by atoms with Crippen LogP contribution in [-0.4, -0.2) is 30.1 Å². The van der Waals surface area contributed by atoms with Crippen molar-refractivity contribution >= 4 is 34.1 Å². The maximum Gasteiger partial charge on any atom is 0.220 e. The highest BCUT2D eigenvalue weighted by atomic mass is 35.5. The van der Waals surface area contributed by atoms with Gasteiger partial charge in [0.15, 0.2) is 0 Å². The van der Waals surface area contributed by atoms with Crippen LogP contribution in [0.3, 0.4) is 0 Å². The van der Waals surface area contributed by atoms with Crippen molar-refractivity contribution in [2.45, 2.75) is 25.8 Å². The van der Waals surface area contributed by atoms with Crippen molar-refractivity contribution in [1.29, 1.82) is 0 Å². The summed E-state index contributed by atoms with van der Waals surface area (Å²) in [5, 5.41) is 15.1. The number of carbonyl (C=O) groups excluding carboxylic acids is 1. The SMILES string of the molecule is CCCC(=O)N[C@H](c1ccc(N(C)C)cc1)c1cc(Cl)c2cccnc2c1O. The Morgan fingerprint density at radius 2 is 1.96 bits per heavy atom. The Morgan fingerprint density at radius 3 is 2.61 bits per heavy atom. The van der Waals surface area contributed by atoms with Gasteiger partial charge in [-0.25, -0.2) is 0 Å². The minimum Gasteiger partial charge on any atom is -0.505 e. The lowest BCUT2D eigenvalue weighted by Crippen LogP contribution is -2.29. The summed E-state index contributed by atoms with van der Waals surface area (Å²) in [4.78, 5) is 18.7. The number of benzene rings is 2. The molecule has 0 aliphatic heterocycles.